The number of benzene rings is 1. The number of hydrogen-bond acceptors (Lipinski definition) is 2. The molecule has 0 amide bonds. The number of rotatable bonds is 4. The maximum absolute atomic E-state index is 10.9. The zero-order chi connectivity index (χ0) is 14.0. The minimum atomic E-state index is -0.783. The van der Waals surface area contributed by atoms with Gasteiger partial charge in [-0.2, -0.15) is 0 Å². The van der Waals surface area contributed by atoms with Crippen LogP contribution in [-0.4, -0.2) is 20.6 Å². The van der Waals surface area contributed by atoms with Crippen LogP contribution in [0.1, 0.15) is 31.7 Å². The van der Waals surface area contributed by atoms with Gasteiger partial charge in [0.2, 0.25) is 0 Å². The molecule has 100 valence electrons. The standard InChI is InChI=1S/C15H18N2O2/c1-11-16-7-8-17(11)13-6-4-5-12(9-13)15(2,3)10-14(18)19/h4-9H,10H2,1-3H3,(H,18,19). The number of nitrogens with zero attached hydrogens (tertiary/aromatic N) is 2. The smallest absolute Gasteiger partial charge is 0.304 e. The molecule has 1 heterocycles. The van der Waals surface area contributed by atoms with Crippen LogP contribution in [-0.2, 0) is 10.2 Å². The highest BCUT2D eigenvalue weighted by Crippen LogP contribution is 2.28. The third-order valence-corrected chi connectivity index (χ3v) is 3.32. The maximum Gasteiger partial charge on any atom is 0.304 e. The molecule has 2 aromatic rings. The van der Waals surface area contributed by atoms with Gasteiger partial charge in [-0.3, -0.25) is 4.79 Å². The summed E-state index contributed by atoms with van der Waals surface area (Å²) in [4.78, 5) is 15.1. The maximum atomic E-state index is 10.9. The highest BCUT2D eigenvalue weighted by atomic mass is 16.4. The molecule has 0 saturated heterocycles. The van der Waals surface area contributed by atoms with Gasteiger partial charge in [0, 0.05) is 23.5 Å². The molecule has 0 spiro atoms. The van der Waals surface area contributed by atoms with Crippen molar-refractivity contribution in [2.24, 2.45) is 0 Å². The van der Waals surface area contributed by atoms with E-state index < -0.39 is 11.4 Å². The molecule has 1 aromatic carbocycles. The summed E-state index contributed by atoms with van der Waals surface area (Å²) in [7, 11) is 0. The van der Waals surface area contributed by atoms with E-state index in [-0.39, 0.29) is 6.42 Å². The summed E-state index contributed by atoms with van der Waals surface area (Å²) in [5.41, 5.74) is 1.63. The zero-order valence-corrected chi connectivity index (χ0v) is 11.4. The lowest BCUT2D eigenvalue weighted by Crippen LogP contribution is -2.21. The van der Waals surface area contributed by atoms with Gasteiger partial charge in [-0.25, -0.2) is 4.98 Å². The van der Waals surface area contributed by atoms with Crippen molar-refractivity contribution in [2.45, 2.75) is 32.6 Å². The summed E-state index contributed by atoms with van der Waals surface area (Å²) >= 11 is 0. The average molecular weight is 258 g/mol. The number of carboxylic acid groups (broad SMARTS) is 1. The van der Waals surface area contributed by atoms with Crippen molar-refractivity contribution in [3.05, 3.63) is 48.0 Å². The Labute approximate surface area is 112 Å². The summed E-state index contributed by atoms with van der Waals surface area (Å²) in [5.74, 6) is 0.127. The van der Waals surface area contributed by atoms with Gasteiger partial charge in [-0.15, -0.1) is 0 Å². The van der Waals surface area contributed by atoms with Crippen molar-refractivity contribution in [1.82, 2.24) is 9.55 Å². The minimum Gasteiger partial charge on any atom is -0.481 e. The Kier molecular flexibility index (Phi) is 3.42. The molecule has 4 heteroatoms. The van der Waals surface area contributed by atoms with Crippen molar-refractivity contribution in [1.29, 1.82) is 0 Å². The molecule has 0 fully saturated rings. The number of aryl methyl sites for hydroxylation is 1. The van der Waals surface area contributed by atoms with Gasteiger partial charge in [-0.1, -0.05) is 26.0 Å². The van der Waals surface area contributed by atoms with Crippen LogP contribution in [0.15, 0.2) is 36.7 Å². The summed E-state index contributed by atoms with van der Waals surface area (Å²) in [6, 6.07) is 7.94. The molecule has 2 rings (SSSR count). The fourth-order valence-electron chi connectivity index (χ4n) is 2.21. The van der Waals surface area contributed by atoms with Crippen LogP contribution in [0, 0.1) is 6.92 Å². The molecule has 0 aliphatic carbocycles. The van der Waals surface area contributed by atoms with Crippen molar-refractivity contribution < 1.29 is 9.90 Å². The number of hydrogen-bond donors (Lipinski definition) is 1. The van der Waals surface area contributed by atoms with Crippen molar-refractivity contribution >= 4 is 5.97 Å². The van der Waals surface area contributed by atoms with Crippen LogP contribution in [0.25, 0.3) is 5.69 Å². The minimum absolute atomic E-state index is 0.110. The molecule has 0 bridgehead atoms. The van der Waals surface area contributed by atoms with E-state index in [0.717, 1.165) is 17.1 Å². The first kappa shape index (κ1) is 13.3. The zero-order valence-electron chi connectivity index (χ0n) is 11.4. The number of carbonyl (C=O) groups is 1. The number of aliphatic carboxylic acids is 1. The Morgan fingerprint density at radius 3 is 2.74 bits per heavy atom. The van der Waals surface area contributed by atoms with Crippen molar-refractivity contribution in [3.63, 3.8) is 0 Å². The number of aromatic nitrogens is 2. The molecule has 0 aliphatic rings. The van der Waals surface area contributed by atoms with E-state index in [0.29, 0.717) is 0 Å². The predicted octanol–water partition coefficient (Wildman–Crippen LogP) is 2.93. The van der Waals surface area contributed by atoms with Gasteiger partial charge in [-0.05, 0) is 24.6 Å². The van der Waals surface area contributed by atoms with Crippen LogP contribution in [0.4, 0.5) is 0 Å². The van der Waals surface area contributed by atoms with E-state index in [9.17, 15) is 4.79 Å². The largest absolute Gasteiger partial charge is 0.481 e. The van der Waals surface area contributed by atoms with Gasteiger partial charge in [0.25, 0.3) is 0 Å². The molecule has 19 heavy (non-hydrogen) atoms. The normalized spacial score (nSPS) is 11.5. The first-order valence-corrected chi connectivity index (χ1v) is 6.23. The van der Waals surface area contributed by atoms with Gasteiger partial charge in [0.05, 0.1) is 6.42 Å². The summed E-state index contributed by atoms with van der Waals surface area (Å²) in [6.45, 7) is 5.83. The van der Waals surface area contributed by atoms with E-state index in [2.05, 4.69) is 4.98 Å². The summed E-state index contributed by atoms with van der Waals surface area (Å²) < 4.78 is 1.99. The van der Waals surface area contributed by atoms with Crippen LogP contribution in [0.5, 0.6) is 0 Å². The van der Waals surface area contributed by atoms with Crippen LogP contribution in [0.2, 0.25) is 0 Å². The summed E-state index contributed by atoms with van der Waals surface area (Å²) in [6.07, 6.45) is 3.77. The molecule has 0 aliphatic heterocycles. The Bertz CT molecular complexity index is 600. The second-order valence-corrected chi connectivity index (χ2v) is 5.35. The second-order valence-electron chi connectivity index (χ2n) is 5.35. The lowest BCUT2D eigenvalue weighted by molar-refractivity contribution is -0.138. The van der Waals surface area contributed by atoms with Gasteiger partial charge in [0.15, 0.2) is 0 Å². The van der Waals surface area contributed by atoms with Gasteiger partial charge in [0.1, 0.15) is 5.82 Å². The Balaban J connectivity index is 2.40. The first-order valence-electron chi connectivity index (χ1n) is 6.23. The van der Waals surface area contributed by atoms with E-state index in [1.165, 1.54) is 0 Å². The Hall–Kier alpha value is -2.10. The van der Waals surface area contributed by atoms with Crippen LogP contribution < -0.4 is 0 Å². The lowest BCUT2D eigenvalue weighted by atomic mass is 9.81. The fraction of sp³-hybridized carbons (Fsp3) is 0.333. The Morgan fingerprint density at radius 1 is 1.42 bits per heavy atom. The second kappa shape index (κ2) is 4.88. The van der Waals surface area contributed by atoms with E-state index in [4.69, 9.17) is 5.11 Å². The SMILES string of the molecule is Cc1nccn1-c1cccc(C(C)(C)CC(=O)O)c1. The molecular weight excluding hydrogens is 240 g/mol. The van der Waals surface area contributed by atoms with Gasteiger partial charge < -0.3 is 9.67 Å². The molecule has 1 aromatic heterocycles. The monoisotopic (exact) mass is 258 g/mol. The van der Waals surface area contributed by atoms with E-state index in [1.54, 1.807) is 6.20 Å². The number of carboxylic acids is 1. The predicted molar refractivity (Wildman–Crippen MR) is 73.6 cm³/mol. The number of imidazole rings is 1. The quantitative estimate of drug-likeness (QED) is 0.917. The first-order chi connectivity index (χ1) is 8.90. The molecule has 0 radical (unpaired) electrons. The van der Waals surface area contributed by atoms with E-state index >= 15 is 0 Å². The topological polar surface area (TPSA) is 55.1 Å². The Morgan fingerprint density at radius 2 is 2.16 bits per heavy atom. The fourth-order valence-corrected chi connectivity index (χ4v) is 2.21. The summed E-state index contributed by atoms with van der Waals surface area (Å²) in [5, 5.41) is 8.99. The van der Waals surface area contributed by atoms with Crippen molar-refractivity contribution in [2.75, 3.05) is 0 Å². The lowest BCUT2D eigenvalue weighted by Gasteiger charge is -2.23. The van der Waals surface area contributed by atoms with Crippen LogP contribution in [0.3, 0.4) is 0 Å². The molecule has 1 N–H and O–H groups in total. The third kappa shape index (κ3) is 2.84. The van der Waals surface area contributed by atoms with E-state index in [1.807, 2.05) is 55.8 Å². The third-order valence-electron chi connectivity index (χ3n) is 3.32. The average Bonchev–Trinajstić information content (AvgIpc) is 2.74. The van der Waals surface area contributed by atoms with Crippen molar-refractivity contribution in [3.8, 4) is 5.69 Å². The molecule has 0 unspecified atom stereocenters. The molecule has 4 nitrogen and oxygen atoms in total. The molecular formula is C15H18N2O2. The highest BCUT2D eigenvalue weighted by molar-refractivity contribution is 5.69. The van der Waals surface area contributed by atoms with Crippen LogP contribution >= 0.6 is 0 Å². The molecule has 0 saturated carbocycles. The highest BCUT2D eigenvalue weighted by Gasteiger charge is 2.24. The van der Waals surface area contributed by atoms with Gasteiger partial charge >= 0.3 is 5.97 Å². The molecule has 0 atom stereocenters.